The molecule has 1 aromatic rings. The Morgan fingerprint density at radius 1 is 1.16 bits per heavy atom. The van der Waals surface area contributed by atoms with Gasteiger partial charge < -0.3 is 4.67 Å². The number of hydrogen-bond donors (Lipinski definition) is 0. The molecule has 102 valence electrons. The summed E-state index contributed by atoms with van der Waals surface area (Å²) in [6.07, 6.45) is 6.28. The largest absolute Gasteiger partial charge is 0.322 e. The van der Waals surface area contributed by atoms with Crippen molar-refractivity contribution in [2.45, 2.75) is 33.6 Å². The van der Waals surface area contributed by atoms with Gasteiger partial charge in [-0.3, -0.25) is 4.57 Å². The fourth-order valence-corrected chi connectivity index (χ4v) is 5.31. The summed E-state index contributed by atoms with van der Waals surface area (Å²) in [5.41, 5.74) is 1.18. The molecule has 2 nitrogen and oxygen atoms in total. The van der Waals surface area contributed by atoms with Gasteiger partial charge >= 0.3 is 0 Å². The Morgan fingerprint density at radius 3 is 2.47 bits per heavy atom. The van der Waals surface area contributed by atoms with Gasteiger partial charge in [0.2, 0.25) is 7.29 Å². The van der Waals surface area contributed by atoms with Crippen molar-refractivity contribution in [3.63, 3.8) is 0 Å². The van der Waals surface area contributed by atoms with Gasteiger partial charge in [0.1, 0.15) is 0 Å². The van der Waals surface area contributed by atoms with Crippen molar-refractivity contribution in [1.82, 2.24) is 4.67 Å². The van der Waals surface area contributed by atoms with Crippen molar-refractivity contribution in [3.8, 4) is 0 Å². The molecule has 19 heavy (non-hydrogen) atoms. The molecule has 1 atom stereocenters. The van der Waals surface area contributed by atoms with Crippen molar-refractivity contribution in [2.24, 2.45) is 0 Å². The Labute approximate surface area is 116 Å². The van der Waals surface area contributed by atoms with Crippen LogP contribution in [0.15, 0.2) is 53.5 Å². The molecule has 0 radical (unpaired) electrons. The Kier molecular flexibility index (Phi) is 4.31. The van der Waals surface area contributed by atoms with E-state index in [2.05, 4.69) is 30.8 Å². The molecule has 0 saturated heterocycles. The highest BCUT2D eigenvalue weighted by atomic mass is 31.2. The smallest absolute Gasteiger partial charge is 0.225 e. The fourth-order valence-electron chi connectivity index (χ4n) is 2.48. The fraction of sp³-hybridized carbons (Fsp3) is 0.375. The highest BCUT2D eigenvalue weighted by Gasteiger charge is 2.34. The van der Waals surface area contributed by atoms with Gasteiger partial charge in [-0.2, -0.15) is 0 Å². The molecular formula is C16H22NOP. The van der Waals surface area contributed by atoms with Gasteiger partial charge in [-0.25, -0.2) is 0 Å². The Morgan fingerprint density at radius 2 is 1.84 bits per heavy atom. The molecule has 0 saturated carbocycles. The van der Waals surface area contributed by atoms with Crippen LogP contribution in [-0.4, -0.2) is 11.2 Å². The summed E-state index contributed by atoms with van der Waals surface area (Å²) in [6, 6.07) is 9.85. The van der Waals surface area contributed by atoms with Gasteiger partial charge in [0, 0.05) is 23.4 Å². The van der Waals surface area contributed by atoms with E-state index in [0.717, 1.165) is 30.0 Å². The molecule has 0 N–H and O–H groups in total. The van der Waals surface area contributed by atoms with Gasteiger partial charge in [0.05, 0.1) is 0 Å². The van der Waals surface area contributed by atoms with E-state index in [1.807, 2.05) is 37.3 Å². The number of nitrogens with zero attached hydrogens (tertiary/aromatic N) is 1. The third kappa shape index (κ3) is 2.69. The second-order valence-electron chi connectivity index (χ2n) is 5.09. The second kappa shape index (κ2) is 5.79. The first-order valence-corrected chi connectivity index (χ1v) is 8.55. The third-order valence-corrected chi connectivity index (χ3v) is 6.60. The predicted octanol–water partition coefficient (Wildman–Crippen LogP) is 4.51. The molecule has 1 unspecified atom stereocenters. The van der Waals surface area contributed by atoms with E-state index in [1.54, 1.807) is 0 Å². The molecule has 1 aromatic carbocycles. The molecule has 2 rings (SSSR count). The van der Waals surface area contributed by atoms with Crippen LogP contribution in [-0.2, 0) is 4.57 Å². The van der Waals surface area contributed by atoms with Crippen molar-refractivity contribution < 1.29 is 4.57 Å². The summed E-state index contributed by atoms with van der Waals surface area (Å²) in [7, 11) is -2.62. The normalized spacial score (nSPS) is 23.0. The van der Waals surface area contributed by atoms with Gasteiger partial charge in [-0.15, -0.1) is 0 Å². The predicted molar refractivity (Wildman–Crippen MR) is 82.8 cm³/mol. The van der Waals surface area contributed by atoms with Crippen molar-refractivity contribution in [1.29, 1.82) is 0 Å². The zero-order valence-corrected chi connectivity index (χ0v) is 12.9. The minimum Gasteiger partial charge on any atom is -0.322 e. The lowest BCUT2D eigenvalue weighted by Gasteiger charge is -2.35. The summed E-state index contributed by atoms with van der Waals surface area (Å²) in [4.78, 5) is 0. The van der Waals surface area contributed by atoms with Crippen LogP contribution in [0.5, 0.6) is 0 Å². The first-order chi connectivity index (χ1) is 9.09. The topological polar surface area (TPSA) is 20.3 Å². The average molecular weight is 275 g/mol. The van der Waals surface area contributed by atoms with E-state index in [-0.39, 0.29) is 0 Å². The molecule has 0 aliphatic carbocycles. The molecule has 0 bridgehead atoms. The van der Waals surface area contributed by atoms with Gasteiger partial charge in [0.15, 0.2) is 0 Å². The Bertz CT molecular complexity index is 545. The Balaban J connectivity index is 2.45. The monoisotopic (exact) mass is 275 g/mol. The summed E-state index contributed by atoms with van der Waals surface area (Å²) >= 11 is 0. The van der Waals surface area contributed by atoms with Crippen molar-refractivity contribution in [3.05, 3.63) is 53.5 Å². The number of benzene rings is 1. The molecule has 0 amide bonds. The zero-order chi connectivity index (χ0) is 13.9. The summed E-state index contributed by atoms with van der Waals surface area (Å²) in [5, 5.41) is 1.92. The van der Waals surface area contributed by atoms with E-state index in [1.165, 1.54) is 5.57 Å². The van der Waals surface area contributed by atoms with Crippen molar-refractivity contribution >= 4 is 12.6 Å². The van der Waals surface area contributed by atoms with Crippen molar-refractivity contribution in [2.75, 3.05) is 6.54 Å². The first kappa shape index (κ1) is 14.1. The molecule has 3 heteroatoms. The molecular weight excluding hydrogens is 253 g/mol. The molecule has 0 fully saturated rings. The maximum absolute atomic E-state index is 13.6. The van der Waals surface area contributed by atoms with Crippen LogP contribution in [0.1, 0.15) is 33.6 Å². The van der Waals surface area contributed by atoms with Crippen LogP contribution in [0, 0.1) is 0 Å². The molecule has 1 heterocycles. The maximum Gasteiger partial charge on any atom is 0.225 e. The number of allylic oxidation sites excluding steroid dienone is 3. The molecule has 0 aromatic heterocycles. The molecule has 1 aliphatic rings. The van der Waals surface area contributed by atoms with E-state index in [9.17, 15) is 4.57 Å². The molecule has 0 spiro atoms. The van der Waals surface area contributed by atoms with Crippen LogP contribution in [0.4, 0.5) is 0 Å². The highest BCUT2D eigenvalue weighted by Crippen LogP contribution is 2.58. The Hall–Kier alpha value is -1.27. The lowest BCUT2D eigenvalue weighted by Crippen LogP contribution is -2.25. The van der Waals surface area contributed by atoms with Crippen LogP contribution in [0.25, 0.3) is 0 Å². The minimum atomic E-state index is -2.62. The number of rotatable bonds is 4. The number of unbranched alkanes of at least 4 members (excludes halogenated alkanes) is 1. The lowest BCUT2D eigenvalue weighted by atomic mass is 10.3. The zero-order valence-electron chi connectivity index (χ0n) is 12.0. The maximum atomic E-state index is 13.6. The highest BCUT2D eigenvalue weighted by molar-refractivity contribution is 7.73. The van der Waals surface area contributed by atoms with Crippen LogP contribution < -0.4 is 5.30 Å². The lowest BCUT2D eigenvalue weighted by molar-refractivity contribution is 0.493. The SMILES string of the molecule is CCCCN1C=C(C)C=C(C)P1(=O)c1ccccc1. The van der Waals surface area contributed by atoms with Crippen LogP contribution in [0.3, 0.4) is 0 Å². The minimum absolute atomic E-state index is 0.852. The third-order valence-electron chi connectivity index (χ3n) is 3.48. The van der Waals surface area contributed by atoms with E-state index >= 15 is 0 Å². The number of hydrogen-bond acceptors (Lipinski definition) is 1. The summed E-state index contributed by atoms with van der Waals surface area (Å²) in [6.45, 7) is 7.07. The van der Waals surface area contributed by atoms with E-state index in [0.29, 0.717) is 0 Å². The van der Waals surface area contributed by atoms with Crippen LogP contribution in [0.2, 0.25) is 0 Å². The second-order valence-corrected chi connectivity index (χ2v) is 7.97. The summed E-state index contributed by atoms with van der Waals surface area (Å²) < 4.78 is 15.6. The van der Waals surface area contributed by atoms with Gasteiger partial charge in [-0.1, -0.05) is 31.5 Å². The van der Waals surface area contributed by atoms with Gasteiger partial charge in [-0.05, 0) is 44.1 Å². The first-order valence-electron chi connectivity index (χ1n) is 6.89. The van der Waals surface area contributed by atoms with Crippen LogP contribution >= 0.6 is 7.29 Å². The standard InChI is InChI=1S/C16H22NOP/c1-4-5-11-17-13-14(2)12-15(3)19(17,18)16-9-7-6-8-10-16/h6-10,12-13H,4-5,11H2,1-3H3. The van der Waals surface area contributed by atoms with E-state index in [4.69, 9.17) is 0 Å². The molecule has 1 aliphatic heterocycles. The van der Waals surface area contributed by atoms with E-state index < -0.39 is 7.29 Å². The average Bonchev–Trinajstić information content (AvgIpc) is 2.42. The van der Waals surface area contributed by atoms with Gasteiger partial charge in [0.25, 0.3) is 0 Å². The quantitative estimate of drug-likeness (QED) is 0.753. The summed E-state index contributed by atoms with van der Waals surface area (Å²) in [5.74, 6) is 0.